The van der Waals surface area contributed by atoms with E-state index < -0.39 is 17.7 Å². The molecule has 9 heteroatoms. The van der Waals surface area contributed by atoms with Crippen LogP contribution in [0.1, 0.15) is 52.0 Å². The van der Waals surface area contributed by atoms with Gasteiger partial charge in [0.15, 0.2) is 0 Å². The second kappa shape index (κ2) is 13.5. The molecular formula is C31H42N4O5. The number of alkyl carbamates (subject to hydrolysis) is 1. The minimum Gasteiger partial charge on any atom is -0.445 e. The van der Waals surface area contributed by atoms with Gasteiger partial charge >= 0.3 is 12.2 Å². The van der Waals surface area contributed by atoms with Gasteiger partial charge in [-0.1, -0.05) is 48.5 Å². The zero-order valence-electron chi connectivity index (χ0n) is 23.8. The second-order valence-electron chi connectivity index (χ2n) is 11.6. The number of ether oxygens (including phenoxy) is 2. The van der Waals surface area contributed by atoms with E-state index in [1.54, 1.807) is 4.90 Å². The normalized spacial score (nSPS) is 21.3. The van der Waals surface area contributed by atoms with Gasteiger partial charge in [-0.3, -0.25) is 4.79 Å². The molecule has 216 valence electrons. The number of piperazine rings is 1. The fourth-order valence-electron chi connectivity index (χ4n) is 5.26. The summed E-state index contributed by atoms with van der Waals surface area (Å²) in [5.41, 5.74) is 1.35. The lowest BCUT2D eigenvalue weighted by Gasteiger charge is -2.41. The number of carbonyl (C=O) groups is 3. The third kappa shape index (κ3) is 8.63. The van der Waals surface area contributed by atoms with Crippen LogP contribution in [0.4, 0.5) is 15.3 Å². The molecule has 2 aromatic rings. The van der Waals surface area contributed by atoms with Crippen LogP contribution in [0, 0.1) is 5.92 Å². The molecule has 0 bridgehead atoms. The molecule has 2 fully saturated rings. The molecule has 1 aliphatic carbocycles. The summed E-state index contributed by atoms with van der Waals surface area (Å²) in [5.74, 6) is 0.236. The first-order valence-electron chi connectivity index (χ1n) is 14.2. The maximum atomic E-state index is 13.5. The van der Waals surface area contributed by atoms with E-state index in [4.69, 9.17) is 9.47 Å². The minimum atomic E-state index is -0.523. The molecule has 2 aliphatic rings. The highest BCUT2D eigenvalue weighted by Gasteiger charge is 2.35. The molecule has 3 amide bonds. The van der Waals surface area contributed by atoms with Crippen molar-refractivity contribution >= 4 is 23.8 Å². The third-order valence-corrected chi connectivity index (χ3v) is 7.37. The number of carbonyl (C=O) groups excluding carboxylic acids is 3. The Balaban J connectivity index is 1.30. The van der Waals surface area contributed by atoms with Gasteiger partial charge in [0.25, 0.3) is 0 Å². The summed E-state index contributed by atoms with van der Waals surface area (Å²) in [6, 6.07) is 19.0. The number of nitrogens with one attached hydrogen (secondary N) is 2. The van der Waals surface area contributed by atoms with Crippen molar-refractivity contribution in [1.29, 1.82) is 0 Å². The highest BCUT2D eigenvalue weighted by atomic mass is 16.6. The van der Waals surface area contributed by atoms with Gasteiger partial charge < -0.3 is 29.9 Å². The average molecular weight is 551 g/mol. The van der Waals surface area contributed by atoms with E-state index in [0.717, 1.165) is 36.9 Å². The summed E-state index contributed by atoms with van der Waals surface area (Å²) < 4.78 is 10.9. The quantitative estimate of drug-likeness (QED) is 0.518. The maximum absolute atomic E-state index is 13.5. The molecule has 9 nitrogen and oxygen atoms in total. The Bertz CT molecular complexity index is 1110. The zero-order valence-corrected chi connectivity index (χ0v) is 23.8. The molecule has 0 spiro atoms. The van der Waals surface area contributed by atoms with Crippen molar-refractivity contribution < 1.29 is 23.9 Å². The molecule has 0 radical (unpaired) electrons. The Kier molecular flexibility index (Phi) is 9.90. The Labute approximate surface area is 237 Å². The average Bonchev–Trinajstić information content (AvgIpc) is 2.95. The molecule has 0 aromatic heterocycles. The van der Waals surface area contributed by atoms with Crippen molar-refractivity contribution in [3.05, 3.63) is 66.2 Å². The predicted molar refractivity (Wildman–Crippen MR) is 154 cm³/mol. The van der Waals surface area contributed by atoms with Gasteiger partial charge in [-0.2, -0.15) is 0 Å². The lowest BCUT2D eigenvalue weighted by molar-refractivity contribution is -0.123. The number of anilines is 1. The van der Waals surface area contributed by atoms with Gasteiger partial charge in [0, 0.05) is 31.4 Å². The Morgan fingerprint density at radius 1 is 0.900 bits per heavy atom. The molecule has 1 aliphatic heterocycles. The number of nitrogens with zero attached hydrogens (tertiary/aromatic N) is 2. The van der Waals surface area contributed by atoms with Crippen molar-refractivity contribution in [2.24, 2.45) is 5.92 Å². The van der Waals surface area contributed by atoms with Crippen LogP contribution in [0.15, 0.2) is 60.7 Å². The Morgan fingerprint density at radius 2 is 1.55 bits per heavy atom. The molecule has 1 atom stereocenters. The van der Waals surface area contributed by atoms with Crippen LogP contribution in [0.3, 0.4) is 0 Å². The molecule has 1 saturated carbocycles. The number of benzene rings is 2. The lowest BCUT2D eigenvalue weighted by Crippen LogP contribution is -2.60. The van der Waals surface area contributed by atoms with Crippen LogP contribution in [0.25, 0.3) is 0 Å². The number of hydrogen-bond acceptors (Lipinski definition) is 6. The number of para-hydroxylation sites is 1. The van der Waals surface area contributed by atoms with Gasteiger partial charge in [-0.15, -0.1) is 0 Å². The SMILES string of the molecule is CC(C)(C)OC(=O)NC1CCC(CNC(=O)C2CN(C(=O)OCc3ccccc3)CCN2c2ccccc2)CC1. The van der Waals surface area contributed by atoms with E-state index in [-0.39, 0.29) is 31.2 Å². The first kappa shape index (κ1) is 29.2. The summed E-state index contributed by atoms with van der Waals surface area (Å²) in [7, 11) is 0. The first-order chi connectivity index (χ1) is 19.2. The van der Waals surface area contributed by atoms with Gasteiger partial charge in [-0.05, 0) is 70.1 Å². The van der Waals surface area contributed by atoms with Crippen molar-refractivity contribution in [2.45, 2.75) is 70.7 Å². The second-order valence-corrected chi connectivity index (χ2v) is 11.6. The van der Waals surface area contributed by atoms with E-state index in [9.17, 15) is 14.4 Å². The maximum Gasteiger partial charge on any atom is 0.410 e. The first-order valence-corrected chi connectivity index (χ1v) is 14.2. The van der Waals surface area contributed by atoms with Gasteiger partial charge in [0.05, 0.1) is 6.54 Å². The Hall–Kier alpha value is -3.75. The molecule has 1 unspecified atom stereocenters. The van der Waals surface area contributed by atoms with Crippen molar-refractivity contribution in [3.8, 4) is 0 Å². The summed E-state index contributed by atoms with van der Waals surface area (Å²) in [4.78, 5) is 42.2. The van der Waals surface area contributed by atoms with Crippen LogP contribution in [0.2, 0.25) is 0 Å². The van der Waals surface area contributed by atoms with E-state index in [0.29, 0.717) is 25.6 Å². The van der Waals surface area contributed by atoms with Crippen molar-refractivity contribution in [1.82, 2.24) is 15.5 Å². The highest BCUT2D eigenvalue weighted by Crippen LogP contribution is 2.25. The smallest absolute Gasteiger partial charge is 0.410 e. The largest absolute Gasteiger partial charge is 0.445 e. The van der Waals surface area contributed by atoms with Gasteiger partial charge in [0.1, 0.15) is 18.2 Å². The molecule has 1 saturated heterocycles. The Morgan fingerprint density at radius 3 is 2.20 bits per heavy atom. The van der Waals surface area contributed by atoms with Crippen LogP contribution >= 0.6 is 0 Å². The molecule has 1 heterocycles. The lowest BCUT2D eigenvalue weighted by atomic mass is 9.86. The van der Waals surface area contributed by atoms with Crippen molar-refractivity contribution in [3.63, 3.8) is 0 Å². The third-order valence-electron chi connectivity index (χ3n) is 7.37. The van der Waals surface area contributed by atoms with Crippen LogP contribution in [0.5, 0.6) is 0 Å². The predicted octanol–water partition coefficient (Wildman–Crippen LogP) is 4.71. The van der Waals surface area contributed by atoms with E-state index in [2.05, 4.69) is 15.5 Å². The molecule has 40 heavy (non-hydrogen) atoms. The summed E-state index contributed by atoms with van der Waals surface area (Å²) >= 11 is 0. The van der Waals surface area contributed by atoms with Crippen LogP contribution in [-0.2, 0) is 20.9 Å². The minimum absolute atomic E-state index is 0.0872. The molecule has 2 N–H and O–H groups in total. The molecular weight excluding hydrogens is 508 g/mol. The fourth-order valence-corrected chi connectivity index (χ4v) is 5.26. The van der Waals surface area contributed by atoms with Gasteiger partial charge in [0.2, 0.25) is 5.91 Å². The molecule has 2 aromatic carbocycles. The number of amides is 3. The molecule has 4 rings (SSSR count). The fraction of sp³-hybridized carbons (Fsp3) is 0.516. The van der Waals surface area contributed by atoms with Crippen LogP contribution < -0.4 is 15.5 Å². The zero-order chi connectivity index (χ0) is 28.5. The van der Waals surface area contributed by atoms with Crippen molar-refractivity contribution in [2.75, 3.05) is 31.1 Å². The summed E-state index contributed by atoms with van der Waals surface area (Å²) in [5, 5.41) is 6.12. The number of hydrogen-bond donors (Lipinski definition) is 2. The van der Waals surface area contributed by atoms with Crippen LogP contribution in [-0.4, -0.2) is 66.9 Å². The summed E-state index contributed by atoms with van der Waals surface area (Å²) in [6.45, 7) is 7.57. The van der Waals surface area contributed by atoms with E-state index in [1.807, 2.05) is 81.4 Å². The topological polar surface area (TPSA) is 100 Å². The van der Waals surface area contributed by atoms with E-state index in [1.165, 1.54) is 0 Å². The van der Waals surface area contributed by atoms with E-state index >= 15 is 0 Å². The number of rotatable bonds is 7. The summed E-state index contributed by atoms with van der Waals surface area (Å²) in [6.07, 6.45) is 2.72. The van der Waals surface area contributed by atoms with Gasteiger partial charge in [-0.25, -0.2) is 9.59 Å². The standard InChI is InChI=1S/C31H42N4O5/c1-31(2,3)40-29(37)33-25-16-14-23(15-17-25)20-32-28(36)27-21-34(18-19-35(27)26-12-8-5-9-13-26)30(38)39-22-24-10-6-4-7-11-24/h4-13,23,25,27H,14-22H2,1-3H3,(H,32,36)(H,33,37). The highest BCUT2D eigenvalue weighted by molar-refractivity contribution is 5.86. The monoisotopic (exact) mass is 550 g/mol.